The molecular formula is C13H17NO3. The molecule has 0 aromatic heterocycles. The van der Waals surface area contributed by atoms with Gasteiger partial charge in [0.25, 0.3) is 0 Å². The topological polar surface area (TPSA) is 58.6 Å². The molecule has 1 aromatic rings. The van der Waals surface area contributed by atoms with Gasteiger partial charge >= 0.3 is 5.97 Å². The van der Waals surface area contributed by atoms with Crippen molar-refractivity contribution in [2.45, 2.75) is 31.3 Å². The lowest BCUT2D eigenvalue weighted by Crippen LogP contribution is -2.56. The summed E-state index contributed by atoms with van der Waals surface area (Å²) in [6.45, 7) is 0.559. The SMILES string of the molecule is COc1cccc(CNC2(C(=O)O)CCC2)c1. The van der Waals surface area contributed by atoms with E-state index in [1.807, 2.05) is 24.3 Å². The van der Waals surface area contributed by atoms with Gasteiger partial charge in [0.2, 0.25) is 0 Å². The molecule has 1 saturated carbocycles. The first-order valence-corrected chi connectivity index (χ1v) is 5.78. The van der Waals surface area contributed by atoms with Gasteiger partial charge in [-0.2, -0.15) is 0 Å². The first kappa shape index (κ1) is 11.9. The Labute approximate surface area is 101 Å². The maximum absolute atomic E-state index is 11.2. The zero-order valence-electron chi connectivity index (χ0n) is 9.90. The number of carboxylic acid groups (broad SMARTS) is 1. The molecule has 0 unspecified atom stereocenters. The van der Waals surface area contributed by atoms with Crippen molar-refractivity contribution >= 4 is 5.97 Å². The van der Waals surface area contributed by atoms with Crippen molar-refractivity contribution in [2.75, 3.05) is 7.11 Å². The molecule has 17 heavy (non-hydrogen) atoms. The molecule has 2 N–H and O–H groups in total. The lowest BCUT2D eigenvalue weighted by Gasteiger charge is -2.38. The van der Waals surface area contributed by atoms with Crippen molar-refractivity contribution in [1.82, 2.24) is 5.32 Å². The van der Waals surface area contributed by atoms with Crippen LogP contribution in [-0.4, -0.2) is 23.7 Å². The second kappa shape index (κ2) is 4.75. The van der Waals surface area contributed by atoms with Crippen molar-refractivity contribution in [3.63, 3.8) is 0 Å². The average molecular weight is 235 g/mol. The van der Waals surface area contributed by atoms with Crippen LogP contribution >= 0.6 is 0 Å². The predicted molar refractivity (Wildman–Crippen MR) is 64.1 cm³/mol. The van der Waals surface area contributed by atoms with Crippen LogP contribution in [0.4, 0.5) is 0 Å². The van der Waals surface area contributed by atoms with Crippen LogP contribution in [0.15, 0.2) is 24.3 Å². The summed E-state index contributed by atoms with van der Waals surface area (Å²) >= 11 is 0. The van der Waals surface area contributed by atoms with E-state index < -0.39 is 11.5 Å². The average Bonchev–Trinajstić information content (AvgIpc) is 2.27. The van der Waals surface area contributed by atoms with Crippen LogP contribution in [0.1, 0.15) is 24.8 Å². The van der Waals surface area contributed by atoms with E-state index in [1.54, 1.807) is 7.11 Å². The Hall–Kier alpha value is -1.55. The number of nitrogens with one attached hydrogen (secondary N) is 1. The van der Waals surface area contributed by atoms with Crippen molar-refractivity contribution in [1.29, 1.82) is 0 Å². The van der Waals surface area contributed by atoms with Crippen LogP contribution in [0.2, 0.25) is 0 Å². The molecule has 0 bridgehead atoms. The molecule has 4 heteroatoms. The van der Waals surface area contributed by atoms with Gasteiger partial charge < -0.3 is 9.84 Å². The van der Waals surface area contributed by atoms with E-state index in [1.165, 1.54) is 0 Å². The van der Waals surface area contributed by atoms with Crippen LogP contribution in [0.25, 0.3) is 0 Å². The quantitative estimate of drug-likeness (QED) is 0.817. The van der Waals surface area contributed by atoms with Crippen molar-refractivity contribution in [3.05, 3.63) is 29.8 Å². The van der Waals surface area contributed by atoms with E-state index in [9.17, 15) is 9.90 Å². The number of ether oxygens (including phenoxy) is 1. The van der Waals surface area contributed by atoms with Gasteiger partial charge in [-0.3, -0.25) is 10.1 Å². The zero-order chi connectivity index (χ0) is 12.3. The summed E-state index contributed by atoms with van der Waals surface area (Å²) in [7, 11) is 1.62. The Balaban J connectivity index is 1.99. The Morgan fingerprint density at radius 3 is 2.82 bits per heavy atom. The van der Waals surface area contributed by atoms with Gasteiger partial charge in [-0.25, -0.2) is 0 Å². The smallest absolute Gasteiger partial charge is 0.323 e. The summed E-state index contributed by atoms with van der Waals surface area (Å²) in [5.74, 6) is 0.0499. The fourth-order valence-corrected chi connectivity index (χ4v) is 2.05. The number of hydrogen-bond donors (Lipinski definition) is 2. The molecule has 0 radical (unpaired) electrons. The number of carboxylic acids is 1. The molecule has 1 aromatic carbocycles. The molecule has 0 atom stereocenters. The Morgan fingerprint density at radius 1 is 1.53 bits per heavy atom. The summed E-state index contributed by atoms with van der Waals surface area (Å²) in [5, 5.41) is 12.3. The van der Waals surface area contributed by atoms with Crippen LogP contribution in [0.5, 0.6) is 5.75 Å². The lowest BCUT2D eigenvalue weighted by molar-refractivity contribution is -0.148. The highest BCUT2D eigenvalue weighted by molar-refractivity contribution is 5.79. The van der Waals surface area contributed by atoms with Gasteiger partial charge in [-0.1, -0.05) is 12.1 Å². The molecule has 92 valence electrons. The van der Waals surface area contributed by atoms with Gasteiger partial charge in [-0.05, 0) is 37.0 Å². The molecule has 1 aliphatic carbocycles. The van der Waals surface area contributed by atoms with E-state index in [0.29, 0.717) is 19.4 Å². The summed E-state index contributed by atoms with van der Waals surface area (Å²) in [5.41, 5.74) is 0.333. The summed E-state index contributed by atoms with van der Waals surface area (Å²) in [6, 6.07) is 7.66. The number of methoxy groups -OCH3 is 1. The van der Waals surface area contributed by atoms with E-state index in [0.717, 1.165) is 17.7 Å². The number of rotatable bonds is 5. The monoisotopic (exact) mass is 235 g/mol. The predicted octanol–water partition coefficient (Wildman–Crippen LogP) is 1.79. The van der Waals surface area contributed by atoms with E-state index in [2.05, 4.69) is 5.32 Å². The molecule has 0 amide bonds. The normalized spacial score (nSPS) is 17.2. The van der Waals surface area contributed by atoms with E-state index >= 15 is 0 Å². The summed E-state index contributed by atoms with van der Waals surface area (Å²) < 4.78 is 5.13. The highest BCUT2D eigenvalue weighted by Gasteiger charge is 2.43. The fraction of sp³-hybridized carbons (Fsp3) is 0.462. The van der Waals surface area contributed by atoms with Crippen molar-refractivity contribution in [3.8, 4) is 5.75 Å². The lowest BCUT2D eigenvalue weighted by atomic mass is 9.76. The van der Waals surface area contributed by atoms with Crippen LogP contribution < -0.4 is 10.1 Å². The molecule has 0 saturated heterocycles. The van der Waals surface area contributed by atoms with Crippen LogP contribution in [0, 0.1) is 0 Å². The summed E-state index contributed by atoms with van der Waals surface area (Å²) in [4.78, 5) is 11.2. The second-order valence-corrected chi connectivity index (χ2v) is 4.45. The van der Waals surface area contributed by atoms with Gasteiger partial charge in [0.15, 0.2) is 0 Å². The minimum atomic E-state index is -0.744. The third kappa shape index (κ3) is 2.42. The maximum Gasteiger partial charge on any atom is 0.323 e. The largest absolute Gasteiger partial charge is 0.497 e. The fourth-order valence-electron chi connectivity index (χ4n) is 2.05. The standard InChI is InChI=1S/C13H17NO3/c1-17-11-5-2-4-10(8-11)9-14-13(12(15)16)6-3-7-13/h2,4-5,8,14H,3,6-7,9H2,1H3,(H,15,16). The number of hydrogen-bond acceptors (Lipinski definition) is 3. The minimum absolute atomic E-state index is 0.559. The third-order valence-electron chi connectivity index (χ3n) is 3.38. The second-order valence-electron chi connectivity index (χ2n) is 4.45. The molecular weight excluding hydrogens is 218 g/mol. The maximum atomic E-state index is 11.2. The molecule has 4 nitrogen and oxygen atoms in total. The highest BCUT2D eigenvalue weighted by Crippen LogP contribution is 2.32. The molecule has 2 rings (SSSR count). The highest BCUT2D eigenvalue weighted by atomic mass is 16.5. The first-order chi connectivity index (χ1) is 8.16. The summed E-state index contributed by atoms with van der Waals surface area (Å²) in [6.07, 6.45) is 2.41. The Kier molecular flexibility index (Phi) is 3.33. The van der Waals surface area contributed by atoms with Gasteiger partial charge in [0, 0.05) is 6.54 Å². The molecule has 0 spiro atoms. The number of benzene rings is 1. The van der Waals surface area contributed by atoms with Crippen LogP contribution in [-0.2, 0) is 11.3 Å². The molecule has 0 aliphatic heterocycles. The number of aliphatic carboxylic acids is 1. The first-order valence-electron chi connectivity index (χ1n) is 5.78. The third-order valence-corrected chi connectivity index (χ3v) is 3.38. The Morgan fingerprint density at radius 2 is 2.29 bits per heavy atom. The van der Waals surface area contributed by atoms with Gasteiger partial charge in [0.05, 0.1) is 7.11 Å². The molecule has 1 aliphatic rings. The van der Waals surface area contributed by atoms with Crippen molar-refractivity contribution in [2.24, 2.45) is 0 Å². The van der Waals surface area contributed by atoms with E-state index in [-0.39, 0.29) is 0 Å². The number of carbonyl (C=O) groups is 1. The minimum Gasteiger partial charge on any atom is -0.497 e. The zero-order valence-corrected chi connectivity index (χ0v) is 9.90. The molecule has 0 heterocycles. The Bertz CT molecular complexity index is 413. The van der Waals surface area contributed by atoms with Crippen LogP contribution in [0.3, 0.4) is 0 Å². The van der Waals surface area contributed by atoms with E-state index in [4.69, 9.17) is 4.74 Å². The van der Waals surface area contributed by atoms with Gasteiger partial charge in [0.1, 0.15) is 11.3 Å². The van der Waals surface area contributed by atoms with Gasteiger partial charge in [-0.15, -0.1) is 0 Å². The van der Waals surface area contributed by atoms with Crippen molar-refractivity contribution < 1.29 is 14.6 Å². The molecule has 1 fully saturated rings.